The summed E-state index contributed by atoms with van der Waals surface area (Å²) in [4.78, 5) is 22.7. The molecule has 1 fully saturated rings. The van der Waals surface area contributed by atoms with Crippen LogP contribution in [0.1, 0.15) is 5.56 Å². The summed E-state index contributed by atoms with van der Waals surface area (Å²) < 4.78 is 36.8. The number of hydrogen-bond donors (Lipinski definition) is 2. The summed E-state index contributed by atoms with van der Waals surface area (Å²) in [6, 6.07) is 5.70. The third-order valence-electron chi connectivity index (χ3n) is 2.34. The summed E-state index contributed by atoms with van der Waals surface area (Å²) in [5, 5.41) is 4.16. The Morgan fingerprint density at radius 3 is 2.67 bits per heavy atom. The molecule has 0 unspecified atom stereocenters. The summed E-state index contributed by atoms with van der Waals surface area (Å²) in [7, 11) is 0. The average Bonchev–Trinajstić information content (AvgIpc) is 2.67. The minimum atomic E-state index is -4.96. The van der Waals surface area contributed by atoms with Crippen molar-refractivity contribution in [2.75, 3.05) is 5.32 Å². The number of alkyl halides is 3. The molecule has 110 valence electrons. The molecule has 0 saturated carbocycles. The van der Waals surface area contributed by atoms with E-state index in [1.54, 1.807) is 11.4 Å². The lowest BCUT2D eigenvalue weighted by Crippen LogP contribution is -2.29. The third kappa shape index (κ3) is 4.05. The number of thioether (sulfide) groups is 1. The fourth-order valence-corrected chi connectivity index (χ4v) is 2.52. The summed E-state index contributed by atoms with van der Waals surface area (Å²) >= 11 is 5.88. The van der Waals surface area contributed by atoms with Crippen molar-refractivity contribution in [3.63, 3.8) is 0 Å². The predicted molar refractivity (Wildman–Crippen MR) is 77.4 cm³/mol. The fourth-order valence-electron chi connectivity index (χ4n) is 1.48. The van der Waals surface area contributed by atoms with Gasteiger partial charge in [-0.2, -0.15) is 13.2 Å². The van der Waals surface area contributed by atoms with Crippen LogP contribution < -0.4 is 10.6 Å². The second kappa shape index (κ2) is 5.86. The number of rotatable bonds is 2. The second-order valence-corrected chi connectivity index (χ2v) is 5.65. The molecule has 21 heavy (non-hydrogen) atoms. The maximum atomic E-state index is 12.2. The summed E-state index contributed by atoms with van der Waals surface area (Å²) in [5.74, 6) is -2.42. The highest BCUT2D eigenvalue weighted by Crippen LogP contribution is 2.26. The number of halogens is 3. The number of benzene rings is 1. The van der Waals surface area contributed by atoms with Gasteiger partial charge in [0.05, 0.1) is 4.91 Å². The van der Waals surface area contributed by atoms with Crippen LogP contribution in [0.3, 0.4) is 0 Å². The highest BCUT2D eigenvalue weighted by Gasteiger charge is 2.38. The molecule has 0 spiro atoms. The number of nitrogens with one attached hydrogen (secondary N) is 2. The van der Waals surface area contributed by atoms with E-state index in [1.807, 2.05) is 0 Å². The van der Waals surface area contributed by atoms with Gasteiger partial charge in [0.2, 0.25) is 0 Å². The Bertz CT molecular complexity index is 656. The Balaban J connectivity index is 2.19. The van der Waals surface area contributed by atoms with Crippen LogP contribution >= 0.6 is 24.0 Å². The number of carbonyl (C=O) groups is 2. The highest BCUT2D eigenvalue weighted by molar-refractivity contribution is 8.26. The van der Waals surface area contributed by atoms with E-state index in [0.29, 0.717) is 14.8 Å². The molecule has 1 heterocycles. The fraction of sp³-hybridized carbons (Fsp3) is 0.0833. The summed E-state index contributed by atoms with van der Waals surface area (Å²) in [6.45, 7) is 0. The first-order valence-electron chi connectivity index (χ1n) is 5.49. The van der Waals surface area contributed by atoms with E-state index in [2.05, 4.69) is 5.32 Å². The zero-order valence-corrected chi connectivity index (χ0v) is 11.8. The molecule has 2 amide bonds. The Hall–Kier alpha value is -1.87. The molecule has 0 radical (unpaired) electrons. The van der Waals surface area contributed by atoms with Gasteiger partial charge < -0.3 is 10.6 Å². The molecule has 1 aromatic carbocycles. The standard InChI is InChI=1S/C12H7F3N2O2S2/c13-12(14,15)10(19)16-7-3-1-2-6(4-7)5-8-9(18)17-11(20)21-8/h1-5H,(H,16,19)(H,17,18,20)/b8-5-. The van der Waals surface area contributed by atoms with Crippen LogP contribution in [0.5, 0.6) is 0 Å². The van der Waals surface area contributed by atoms with Gasteiger partial charge in [0, 0.05) is 5.69 Å². The smallest absolute Gasteiger partial charge is 0.318 e. The van der Waals surface area contributed by atoms with Crippen molar-refractivity contribution in [2.45, 2.75) is 6.18 Å². The zero-order chi connectivity index (χ0) is 15.6. The maximum Gasteiger partial charge on any atom is 0.471 e. The van der Waals surface area contributed by atoms with Crippen molar-refractivity contribution in [3.05, 3.63) is 34.7 Å². The van der Waals surface area contributed by atoms with Gasteiger partial charge >= 0.3 is 12.1 Å². The molecule has 0 bridgehead atoms. The monoisotopic (exact) mass is 332 g/mol. The van der Waals surface area contributed by atoms with Gasteiger partial charge in [-0.15, -0.1) is 0 Å². The maximum absolute atomic E-state index is 12.2. The lowest BCUT2D eigenvalue weighted by Gasteiger charge is -2.08. The van der Waals surface area contributed by atoms with Crippen molar-refractivity contribution < 1.29 is 22.8 Å². The molecular weight excluding hydrogens is 325 g/mol. The number of thiocarbonyl (C=S) groups is 1. The molecule has 1 aliphatic heterocycles. The number of amides is 2. The van der Waals surface area contributed by atoms with E-state index in [1.165, 1.54) is 24.3 Å². The van der Waals surface area contributed by atoms with E-state index in [9.17, 15) is 22.8 Å². The van der Waals surface area contributed by atoms with Crippen LogP contribution in [0.4, 0.5) is 18.9 Å². The molecule has 1 aromatic rings. The molecule has 1 aliphatic rings. The summed E-state index contributed by atoms with van der Waals surface area (Å²) in [6.07, 6.45) is -3.48. The van der Waals surface area contributed by atoms with Gasteiger partial charge in [0.15, 0.2) is 0 Å². The quantitative estimate of drug-likeness (QED) is 0.646. The normalized spacial score (nSPS) is 17.0. The van der Waals surface area contributed by atoms with Gasteiger partial charge in [0.25, 0.3) is 5.91 Å². The van der Waals surface area contributed by atoms with E-state index < -0.39 is 12.1 Å². The first-order chi connectivity index (χ1) is 9.75. The van der Waals surface area contributed by atoms with Gasteiger partial charge in [-0.05, 0) is 23.8 Å². The minimum absolute atomic E-state index is 0.0161. The molecule has 0 atom stereocenters. The molecular formula is C12H7F3N2O2S2. The van der Waals surface area contributed by atoms with Gasteiger partial charge in [-0.25, -0.2) is 0 Å². The molecule has 1 saturated heterocycles. The Kier molecular flexibility index (Phi) is 4.33. The number of hydrogen-bond acceptors (Lipinski definition) is 4. The lowest BCUT2D eigenvalue weighted by atomic mass is 10.2. The number of anilines is 1. The van der Waals surface area contributed by atoms with Crippen LogP contribution in [0, 0.1) is 0 Å². The highest BCUT2D eigenvalue weighted by atomic mass is 32.2. The van der Waals surface area contributed by atoms with Crippen molar-refractivity contribution >= 4 is 51.9 Å². The van der Waals surface area contributed by atoms with Crippen LogP contribution in [0.15, 0.2) is 29.2 Å². The van der Waals surface area contributed by atoms with Gasteiger partial charge in [0.1, 0.15) is 4.32 Å². The van der Waals surface area contributed by atoms with Crippen molar-refractivity contribution in [1.82, 2.24) is 5.32 Å². The molecule has 2 rings (SSSR count). The van der Waals surface area contributed by atoms with Crippen LogP contribution in [0.25, 0.3) is 6.08 Å². The van der Waals surface area contributed by atoms with E-state index in [0.717, 1.165) is 11.8 Å². The number of carbonyl (C=O) groups excluding carboxylic acids is 2. The minimum Gasteiger partial charge on any atom is -0.318 e. The molecule has 0 aliphatic carbocycles. The first kappa shape index (κ1) is 15.5. The van der Waals surface area contributed by atoms with Crippen LogP contribution in [0.2, 0.25) is 0 Å². The van der Waals surface area contributed by atoms with Crippen LogP contribution in [-0.2, 0) is 9.59 Å². The van der Waals surface area contributed by atoms with Gasteiger partial charge in [-0.3, -0.25) is 9.59 Å². The predicted octanol–water partition coefficient (Wildman–Crippen LogP) is 2.68. The lowest BCUT2D eigenvalue weighted by molar-refractivity contribution is -0.167. The van der Waals surface area contributed by atoms with E-state index >= 15 is 0 Å². The molecule has 0 aromatic heterocycles. The first-order valence-corrected chi connectivity index (χ1v) is 6.71. The molecule has 2 N–H and O–H groups in total. The Morgan fingerprint density at radius 1 is 1.38 bits per heavy atom. The Morgan fingerprint density at radius 2 is 2.10 bits per heavy atom. The zero-order valence-electron chi connectivity index (χ0n) is 10.2. The Labute approximate surface area is 126 Å². The third-order valence-corrected chi connectivity index (χ3v) is 3.50. The van der Waals surface area contributed by atoms with Crippen LogP contribution in [-0.4, -0.2) is 22.3 Å². The SMILES string of the molecule is O=C1NC(=S)S/C1=C\c1cccc(NC(=O)C(F)(F)F)c1. The van der Waals surface area contributed by atoms with E-state index in [-0.39, 0.29) is 11.6 Å². The van der Waals surface area contributed by atoms with Gasteiger partial charge in [-0.1, -0.05) is 36.1 Å². The second-order valence-electron chi connectivity index (χ2n) is 3.93. The average molecular weight is 332 g/mol. The summed E-state index contributed by atoms with van der Waals surface area (Å²) in [5.41, 5.74) is 0.454. The molecule has 9 heteroatoms. The topological polar surface area (TPSA) is 58.2 Å². The van der Waals surface area contributed by atoms with Crippen molar-refractivity contribution in [3.8, 4) is 0 Å². The van der Waals surface area contributed by atoms with E-state index in [4.69, 9.17) is 12.2 Å². The largest absolute Gasteiger partial charge is 0.471 e. The van der Waals surface area contributed by atoms with Crippen molar-refractivity contribution in [2.24, 2.45) is 0 Å². The molecule has 4 nitrogen and oxygen atoms in total. The van der Waals surface area contributed by atoms with Crippen molar-refractivity contribution in [1.29, 1.82) is 0 Å².